The topological polar surface area (TPSA) is 49.4 Å². The van der Waals surface area contributed by atoms with Crippen LogP contribution in [0.15, 0.2) is 36.4 Å². The standard InChI is InChI=1S/C21H24N2O2S/c1-13-20(15-8-10-23(13)11-9-15)22-21(25)19-7-6-18(26-19)17-5-3-4-16(12-17)14(2)24/h3-7,12-13,15,20H,8-11H2,1-2H3,(H,22,25)/t13-,20-/m0/s1. The van der Waals surface area contributed by atoms with Gasteiger partial charge in [-0.3, -0.25) is 14.5 Å². The minimum Gasteiger partial charge on any atom is -0.347 e. The first kappa shape index (κ1) is 17.4. The summed E-state index contributed by atoms with van der Waals surface area (Å²) in [6.07, 6.45) is 2.37. The fourth-order valence-electron chi connectivity index (χ4n) is 4.27. The lowest BCUT2D eigenvalue weighted by Gasteiger charge is -2.49. The summed E-state index contributed by atoms with van der Waals surface area (Å²) in [4.78, 5) is 28.6. The van der Waals surface area contributed by atoms with Gasteiger partial charge in [-0.15, -0.1) is 11.3 Å². The molecule has 3 aliphatic rings. The second kappa shape index (κ2) is 6.97. The van der Waals surface area contributed by atoms with Crippen molar-refractivity contribution in [1.29, 1.82) is 0 Å². The van der Waals surface area contributed by atoms with E-state index in [9.17, 15) is 9.59 Å². The Hall–Kier alpha value is -1.98. The molecule has 4 heterocycles. The van der Waals surface area contributed by atoms with Crippen molar-refractivity contribution < 1.29 is 9.59 Å². The Morgan fingerprint density at radius 2 is 1.92 bits per heavy atom. The van der Waals surface area contributed by atoms with Gasteiger partial charge in [-0.1, -0.05) is 18.2 Å². The van der Waals surface area contributed by atoms with Crippen LogP contribution in [0.25, 0.3) is 10.4 Å². The second-order valence-electron chi connectivity index (χ2n) is 7.41. The van der Waals surface area contributed by atoms with Crippen molar-refractivity contribution in [1.82, 2.24) is 10.2 Å². The van der Waals surface area contributed by atoms with Crippen LogP contribution in [-0.4, -0.2) is 41.8 Å². The zero-order chi connectivity index (χ0) is 18.3. The normalized spacial score (nSPS) is 27.3. The Bertz CT molecular complexity index is 834. The summed E-state index contributed by atoms with van der Waals surface area (Å²) in [5, 5.41) is 3.29. The highest BCUT2D eigenvalue weighted by atomic mass is 32.1. The number of thiophene rings is 1. The molecule has 26 heavy (non-hydrogen) atoms. The number of nitrogens with zero attached hydrogens (tertiary/aromatic N) is 1. The number of benzene rings is 1. The Kier molecular flexibility index (Phi) is 4.67. The fourth-order valence-corrected chi connectivity index (χ4v) is 5.18. The number of carbonyl (C=O) groups excluding carboxylic acids is 2. The van der Waals surface area contributed by atoms with Gasteiger partial charge in [0, 0.05) is 22.5 Å². The van der Waals surface area contributed by atoms with Gasteiger partial charge in [0.1, 0.15) is 0 Å². The van der Waals surface area contributed by atoms with Crippen LogP contribution in [0.1, 0.15) is 46.7 Å². The number of hydrogen-bond donors (Lipinski definition) is 1. The summed E-state index contributed by atoms with van der Waals surface area (Å²) in [5.41, 5.74) is 1.68. The Balaban J connectivity index is 1.50. The third-order valence-corrected chi connectivity index (χ3v) is 6.99. The van der Waals surface area contributed by atoms with E-state index in [1.807, 2.05) is 36.4 Å². The van der Waals surface area contributed by atoms with Gasteiger partial charge < -0.3 is 5.32 Å². The number of hydrogen-bond acceptors (Lipinski definition) is 4. The van der Waals surface area contributed by atoms with Gasteiger partial charge in [0.2, 0.25) is 0 Å². The number of amides is 1. The van der Waals surface area contributed by atoms with Crippen molar-refractivity contribution in [3.63, 3.8) is 0 Å². The predicted molar refractivity (Wildman–Crippen MR) is 105 cm³/mol. The van der Waals surface area contributed by atoms with E-state index < -0.39 is 0 Å². The SMILES string of the molecule is CC(=O)c1cccc(-c2ccc(C(=O)N[C@@H]3C4CCN(CC4)[C@H]3C)s2)c1. The smallest absolute Gasteiger partial charge is 0.261 e. The van der Waals surface area contributed by atoms with E-state index in [4.69, 9.17) is 0 Å². The molecule has 2 atom stereocenters. The van der Waals surface area contributed by atoms with E-state index >= 15 is 0 Å². The highest BCUT2D eigenvalue weighted by molar-refractivity contribution is 7.17. The first-order valence-electron chi connectivity index (χ1n) is 9.29. The predicted octanol–water partition coefficient (Wildman–Crippen LogP) is 3.83. The van der Waals surface area contributed by atoms with Crippen LogP contribution in [-0.2, 0) is 0 Å². The highest BCUT2D eigenvalue weighted by Crippen LogP contribution is 2.33. The van der Waals surface area contributed by atoms with E-state index in [-0.39, 0.29) is 17.7 Å². The molecule has 4 nitrogen and oxygen atoms in total. The maximum absolute atomic E-state index is 12.8. The molecule has 3 saturated heterocycles. The number of fused-ring (bicyclic) bond motifs is 3. The van der Waals surface area contributed by atoms with Gasteiger partial charge in [0.25, 0.3) is 5.91 Å². The largest absolute Gasteiger partial charge is 0.347 e. The molecule has 136 valence electrons. The number of piperidine rings is 3. The number of carbonyl (C=O) groups is 2. The third kappa shape index (κ3) is 3.21. The lowest BCUT2D eigenvalue weighted by molar-refractivity contribution is 0.0218. The molecule has 3 fully saturated rings. The summed E-state index contributed by atoms with van der Waals surface area (Å²) in [5.74, 6) is 0.679. The van der Waals surface area contributed by atoms with Crippen LogP contribution in [0.3, 0.4) is 0 Å². The van der Waals surface area contributed by atoms with Gasteiger partial charge in [-0.25, -0.2) is 0 Å². The molecule has 0 spiro atoms. The molecule has 2 bridgehead atoms. The number of Topliss-reactive ketones (excluding diaryl/α,β-unsaturated/α-hetero) is 1. The summed E-state index contributed by atoms with van der Waals surface area (Å²) >= 11 is 1.49. The Morgan fingerprint density at radius 1 is 1.15 bits per heavy atom. The van der Waals surface area contributed by atoms with Gasteiger partial charge in [-0.05, 0) is 69.5 Å². The summed E-state index contributed by atoms with van der Waals surface area (Å²) in [7, 11) is 0. The van der Waals surface area contributed by atoms with Crippen LogP contribution >= 0.6 is 11.3 Å². The van der Waals surface area contributed by atoms with Gasteiger partial charge in [-0.2, -0.15) is 0 Å². The quantitative estimate of drug-likeness (QED) is 0.835. The minimum atomic E-state index is 0.0228. The zero-order valence-electron chi connectivity index (χ0n) is 15.2. The molecule has 3 aliphatic heterocycles. The highest BCUT2D eigenvalue weighted by Gasteiger charge is 2.40. The van der Waals surface area contributed by atoms with Crippen LogP contribution < -0.4 is 5.32 Å². The van der Waals surface area contributed by atoms with E-state index in [0.717, 1.165) is 28.4 Å². The monoisotopic (exact) mass is 368 g/mol. The summed E-state index contributed by atoms with van der Waals surface area (Å²) in [6, 6.07) is 12.1. The molecular weight excluding hydrogens is 344 g/mol. The molecule has 2 aromatic rings. The maximum atomic E-state index is 12.8. The van der Waals surface area contributed by atoms with E-state index in [0.29, 0.717) is 17.5 Å². The lowest BCUT2D eigenvalue weighted by Crippen LogP contribution is -2.62. The van der Waals surface area contributed by atoms with Crippen LogP contribution in [0.5, 0.6) is 0 Å². The lowest BCUT2D eigenvalue weighted by atomic mass is 9.79. The van der Waals surface area contributed by atoms with Gasteiger partial charge in [0.05, 0.1) is 4.88 Å². The van der Waals surface area contributed by atoms with Gasteiger partial charge >= 0.3 is 0 Å². The Morgan fingerprint density at radius 3 is 2.62 bits per heavy atom. The molecule has 5 heteroatoms. The van der Waals surface area contributed by atoms with E-state index in [1.54, 1.807) is 6.92 Å². The van der Waals surface area contributed by atoms with Crippen molar-refractivity contribution in [3.05, 3.63) is 46.8 Å². The van der Waals surface area contributed by atoms with Gasteiger partial charge in [0.15, 0.2) is 5.78 Å². The molecule has 1 N–H and O–H groups in total. The van der Waals surface area contributed by atoms with Crippen LogP contribution in [0.2, 0.25) is 0 Å². The fraction of sp³-hybridized carbons (Fsp3) is 0.429. The molecule has 5 rings (SSSR count). The summed E-state index contributed by atoms with van der Waals surface area (Å²) in [6.45, 7) is 6.12. The molecular formula is C21H24N2O2S. The van der Waals surface area contributed by atoms with Crippen molar-refractivity contribution >= 4 is 23.0 Å². The first-order valence-corrected chi connectivity index (χ1v) is 10.1. The van der Waals surface area contributed by atoms with E-state index in [1.165, 1.54) is 24.2 Å². The van der Waals surface area contributed by atoms with Crippen molar-refractivity contribution in [2.45, 2.75) is 38.8 Å². The molecule has 0 radical (unpaired) electrons. The van der Waals surface area contributed by atoms with E-state index in [2.05, 4.69) is 17.1 Å². The molecule has 1 aromatic heterocycles. The van der Waals surface area contributed by atoms with Crippen molar-refractivity contribution in [2.75, 3.05) is 13.1 Å². The maximum Gasteiger partial charge on any atom is 0.261 e. The Labute approximate surface area is 158 Å². The zero-order valence-corrected chi connectivity index (χ0v) is 16.0. The molecule has 0 aliphatic carbocycles. The van der Waals surface area contributed by atoms with Crippen LogP contribution in [0.4, 0.5) is 0 Å². The first-order chi connectivity index (χ1) is 12.5. The number of rotatable bonds is 4. The molecule has 1 aromatic carbocycles. The molecule has 1 amide bonds. The summed E-state index contributed by atoms with van der Waals surface area (Å²) < 4.78 is 0. The van der Waals surface area contributed by atoms with Crippen molar-refractivity contribution in [2.24, 2.45) is 5.92 Å². The minimum absolute atomic E-state index is 0.0228. The molecule has 0 saturated carbocycles. The third-order valence-electron chi connectivity index (χ3n) is 5.86. The average molecular weight is 369 g/mol. The average Bonchev–Trinajstić information content (AvgIpc) is 3.15. The van der Waals surface area contributed by atoms with Crippen LogP contribution in [0, 0.1) is 5.92 Å². The van der Waals surface area contributed by atoms with Crippen molar-refractivity contribution in [3.8, 4) is 10.4 Å². The number of ketones is 1. The second-order valence-corrected chi connectivity index (χ2v) is 8.50. The number of nitrogens with one attached hydrogen (secondary N) is 1. The molecule has 0 unspecified atom stereocenters.